The number of aromatic hydroxyl groups is 1. The molecule has 10 aromatic carbocycles. The van der Waals surface area contributed by atoms with Gasteiger partial charge in [0, 0.05) is 128 Å². The number of likely N-dealkylation sites (N-methyl/N-ethyl adjacent to an activating group) is 1. The molecule has 0 aliphatic carbocycles. The predicted molar refractivity (Wildman–Crippen MR) is 540 cm³/mol. The van der Waals surface area contributed by atoms with Crippen molar-refractivity contribution in [2.24, 2.45) is 5.92 Å². The highest BCUT2D eigenvalue weighted by atomic mass is 35.5. The number of morpholine rings is 2. The molecule has 38 heteroatoms. The average Bonchev–Trinajstić information content (AvgIpc) is 0.795. The highest BCUT2D eigenvalue weighted by molar-refractivity contribution is 6.31. The van der Waals surface area contributed by atoms with Crippen molar-refractivity contribution in [2.75, 3.05) is 162 Å². The summed E-state index contributed by atoms with van der Waals surface area (Å²) in [5.74, 6) is 6.27. The van der Waals surface area contributed by atoms with Crippen LogP contribution in [0.1, 0.15) is 46.0 Å². The minimum Gasteiger partial charge on any atom is -0.508 e. The molecule has 30 nitrogen and oxygen atoms in total. The SMILES string of the molecule is COc1cc2c(Nc3ccc(Cl)cc3F)ncnc2cc1OC1CCN(C)CC1.COc1cc2c(Nc3ccc(Cl)cc3F)ncnc2cc1OCC1CN(C(C)C)CCO1.COc1cc2c(Nc3ccc(Cl)cc3F)ncnc2cc1OCC1CN(C)CCO1.COc1cc2c(Nc3ccc(Cl)cc3F)ncnc2cc1OCCC1CCN(C)CC1.Oc1cccc(Nc2ncnc3ccccc23)c1. The number of hydrogen-bond donors (Lipinski definition) is 6. The number of nitrogens with one attached hydrogen (secondary N) is 5. The molecule has 0 saturated carbocycles. The second kappa shape index (κ2) is 48.6. The lowest BCUT2D eigenvalue weighted by Crippen LogP contribution is -2.47. The lowest BCUT2D eigenvalue weighted by atomic mass is 9.94. The van der Waals surface area contributed by atoms with Crippen LogP contribution in [0.5, 0.6) is 51.7 Å². The van der Waals surface area contributed by atoms with Crippen LogP contribution in [-0.2, 0) is 9.47 Å². The van der Waals surface area contributed by atoms with Gasteiger partial charge in [-0.25, -0.2) is 67.4 Å². The Morgan fingerprint density at radius 1 is 0.379 bits per heavy atom. The normalized spacial score (nSPS) is 15.5. The van der Waals surface area contributed by atoms with E-state index >= 15 is 0 Å². The summed E-state index contributed by atoms with van der Waals surface area (Å²) in [5.41, 5.74) is 5.40. The summed E-state index contributed by atoms with van der Waals surface area (Å²) in [7, 11) is 12.7. The van der Waals surface area contributed by atoms with Crippen molar-refractivity contribution < 1.29 is 70.0 Å². The molecule has 4 aliphatic rings. The van der Waals surface area contributed by atoms with Crippen molar-refractivity contribution in [1.82, 2.24) is 69.4 Å². The van der Waals surface area contributed by atoms with Crippen LogP contribution in [0.3, 0.4) is 0 Å². The molecule has 4 saturated heterocycles. The van der Waals surface area contributed by atoms with Crippen LogP contribution in [0.15, 0.2) is 201 Å². The number of methoxy groups -OCH3 is 4. The van der Waals surface area contributed by atoms with Crippen LogP contribution < -0.4 is 64.5 Å². The second-order valence-electron chi connectivity index (χ2n) is 33.8. The number of phenolic OH excluding ortho intramolecular Hbond substituents is 1. The molecule has 9 heterocycles. The molecule has 6 N–H and O–H groups in total. The van der Waals surface area contributed by atoms with Gasteiger partial charge in [0.05, 0.1) is 98.6 Å². The first-order valence-corrected chi connectivity index (χ1v) is 46.9. The summed E-state index contributed by atoms with van der Waals surface area (Å²) < 4.78 is 115. The molecular weight excluding hydrogens is 1890 g/mol. The lowest BCUT2D eigenvalue weighted by Gasteiger charge is -2.35. The maximum Gasteiger partial charge on any atom is 0.163 e. The Morgan fingerprint density at radius 2 is 0.757 bits per heavy atom. The fourth-order valence-corrected chi connectivity index (χ4v) is 16.7. The Hall–Kier alpha value is -13.3. The molecule has 4 fully saturated rings. The van der Waals surface area contributed by atoms with E-state index in [0.29, 0.717) is 178 Å². The third kappa shape index (κ3) is 27.0. The van der Waals surface area contributed by atoms with Crippen LogP contribution in [-0.4, -0.2) is 234 Å². The van der Waals surface area contributed by atoms with Gasteiger partial charge in [0.15, 0.2) is 46.0 Å². The Balaban J connectivity index is 0.000000134. The number of nitrogens with zero attached hydrogens (tertiary/aromatic N) is 14. The number of benzene rings is 10. The number of para-hydroxylation sites is 1. The number of hydrogen-bond acceptors (Lipinski definition) is 30. The molecule has 4 aliphatic heterocycles. The van der Waals surface area contributed by atoms with E-state index < -0.39 is 23.3 Å². The van der Waals surface area contributed by atoms with Crippen molar-refractivity contribution in [3.05, 3.63) is 245 Å². The summed E-state index contributed by atoms with van der Waals surface area (Å²) in [5, 5.41) is 29.6. The lowest BCUT2D eigenvalue weighted by molar-refractivity contribution is -0.0566. The zero-order valence-electron chi connectivity index (χ0n) is 78.5. The van der Waals surface area contributed by atoms with E-state index in [1.54, 1.807) is 119 Å². The van der Waals surface area contributed by atoms with E-state index in [2.05, 4.69) is 131 Å². The molecule has 2 atom stereocenters. The van der Waals surface area contributed by atoms with Crippen molar-refractivity contribution in [1.29, 1.82) is 0 Å². The topological polar surface area (TPSA) is 315 Å². The summed E-state index contributed by atoms with van der Waals surface area (Å²) in [4.78, 5) is 52.1. The number of fused-ring (bicyclic) bond motifs is 5. The smallest absolute Gasteiger partial charge is 0.163 e. The minimum absolute atomic E-state index is 0.0142. The van der Waals surface area contributed by atoms with E-state index in [1.165, 1.54) is 68.7 Å². The number of halogens is 8. The monoisotopic (exact) mass is 1990 g/mol. The summed E-state index contributed by atoms with van der Waals surface area (Å²) >= 11 is 23.4. The molecule has 2 unspecified atom stereocenters. The van der Waals surface area contributed by atoms with Crippen LogP contribution in [0, 0.1) is 29.2 Å². The van der Waals surface area contributed by atoms with Crippen molar-refractivity contribution in [2.45, 2.75) is 70.3 Å². The van der Waals surface area contributed by atoms with Gasteiger partial charge in [-0.2, -0.15) is 0 Å². The zero-order chi connectivity index (χ0) is 98.3. The van der Waals surface area contributed by atoms with E-state index in [0.717, 1.165) is 94.0 Å². The average molecular weight is 1990 g/mol. The molecule has 15 aromatic rings. The third-order valence-corrected chi connectivity index (χ3v) is 24.7. The van der Waals surface area contributed by atoms with Crippen LogP contribution >= 0.6 is 46.4 Å². The fourth-order valence-electron chi connectivity index (χ4n) is 16.0. The van der Waals surface area contributed by atoms with E-state index in [1.807, 2.05) is 54.6 Å². The van der Waals surface area contributed by atoms with Crippen molar-refractivity contribution >= 4 is 158 Å². The van der Waals surface area contributed by atoms with Gasteiger partial charge in [-0.1, -0.05) is 64.6 Å². The molecule has 140 heavy (non-hydrogen) atoms. The van der Waals surface area contributed by atoms with Crippen LogP contribution in [0.2, 0.25) is 20.1 Å². The predicted octanol–water partition coefficient (Wildman–Crippen LogP) is 21.6. The van der Waals surface area contributed by atoms with Gasteiger partial charge in [0.1, 0.15) is 121 Å². The maximum atomic E-state index is 14.2. The van der Waals surface area contributed by atoms with Gasteiger partial charge in [-0.3, -0.25) is 4.90 Å². The third-order valence-electron chi connectivity index (χ3n) is 23.7. The molecule has 19 rings (SSSR count). The minimum atomic E-state index is -0.473. The Morgan fingerprint density at radius 3 is 1.16 bits per heavy atom. The van der Waals surface area contributed by atoms with Crippen molar-refractivity contribution in [3.63, 3.8) is 0 Å². The second-order valence-corrected chi connectivity index (χ2v) is 35.6. The molecule has 0 radical (unpaired) electrons. The number of rotatable bonds is 27. The Labute approximate surface area is 827 Å². The standard InChI is InChI=1S/C23H26ClFN4O3.C23H26ClFN4O2.C21H22ClFN4O3.C21H22ClFN4O2.C14H11N3O/c1-14(2)29-6-7-31-16(11-29)12-32-22-10-20-17(9-21(22)30-3)23(27-13-26-20)28-19-5-4-15(24)8-18(19)25;1-29-8-5-15(6-9-29)7-10-31-22-13-20-17(12-21(22)30-2)23(27-14-26-20)28-19-4-3-16(24)11-18(19)25;1-27-5-6-29-14(10-27)11-30-20-9-18-15(8-19(20)28-2)21(25-12-24-18)26-17-4-3-13(22)7-16(17)23;1-27-7-5-14(6-8-27)29-20-11-18-15(10-19(20)28-2)21(25-12-24-18)26-17-4-3-13(22)9-16(17)23;18-11-5-3-4-10(8-11)17-14-12-6-1-2-7-13(12)15-9-16-14/h4-5,8-10,13-14,16H,6-7,11-12H2,1-3H3,(H,26,27,28);3-4,11-15H,5-10H2,1-2H3,(H,26,27,28);3-4,7-9,12,14H,5-6,10-11H2,1-2H3,(H,24,25,26);3-4,9-12,14H,5-8H2,1-2H3,(H,24,25,26);1-9,18H,(H,15,16,17). The van der Waals surface area contributed by atoms with Gasteiger partial charge in [-0.05, 0) is 207 Å². The number of likely N-dealkylation sites (tertiary alicyclic amines) is 2. The fraction of sp³-hybridized carbons (Fsp3) is 0.314. The first kappa shape index (κ1) is 101. The number of ether oxygens (including phenoxy) is 10. The molecule has 0 amide bonds. The highest BCUT2D eigenvalue weighted by Crippen LogP contribution is 2.42. The quantitative estimate of drug-likeness (QED) is 0.0261. The van der Waals surface area contributed by atoms with Gasteiger partial charge in [-0.15, -0.1) is 0 Å². The number of piperidine rings is 2. The summed E-state index contributed by atoms with van der Waals surface area (Å²) in [6.45, 7) is 14.9. The number of aromatic nitrogens is 10. The summed E-state index contributed by atoms with van der Waals surface area (Å²) in [6.07, 6.45) is 12.7. The van der Waals surface area contributed by atoms with Gasteiger partial charge < -0.3 is 93.8 Å². The van der Waals surface area contributed by atoms with E-state index in [-0.39, 0.29) is 46.8 Å². The Kier molecular flexibility index (Phi) is 35.1. The van der Waals surface area contributed by atoms with E-state index in [9.17, 15) is 22.7 Å². The first-order chi connectivity index (χ1) is 67.9. The molecule has 732 valence electrons. The van der Waals surface area contributed by atoms with Gasteiger partial charge in [0.25, 0.3) is 0 Å². The zero-order valence-corrected chi connectivity index (χ0v) is 81.5. The van der Waals surface area contributed by atoms with Crippen molar-refractivity contribution in [3.8, 4) is 51.7 Å². The Bertz CT molecular complexity index is 6770. The number of anilines is 10. The molecule has 5 aromatic heterocycles. The van der Waals surface area contributed by atoms with Crippen LogP contribution in [0.4, 0.5) is 75.1 Å². The largest absolute Gasteiger partial charge is 0.508 e. The highest BCUT2D eigenvalue weighted by Gasteiger charge is 2.28. The van der Waals surface area contributed by atoms with Gasteiger partial charge in [0.2, 0.25) is 0 Å². The van der Waals surface area contributed by atoms with E-state index in [4.69, 9.17) is 93.8 Å². The molecule has 0 bridgehead atoms. The molecule has 0 spiro atoms. The van der Waals surface area contributed by atoms with Crippen LogP contribution in [0.25, 0.3) is 54.5 Å². The van der Waals surface area contributed by atoms with Gasteiger partial charge >= 0.3 is 0 Å². The molecular formula is C102H107Cl4F4N19O11. The first-order valence-electron chi connectivity index (χ1n) is 45.4. The number of phenols is 1. The maximum absolute atomic E-state index is 14.2. The summed E-state index contributed by atoms with van der Waals surface area (Å²) in [6, 6.07) is 47.3.